The fourth-order valence-corrected chi connectivity index (χ4v) is 2.74. The van der Waals surface area contributed by atoms with Gasteiger partial charge in [0, 0.05) is 40.8 Å². The molecule has 1 aromatic carbocycles. The van der Waals surface area contributed by atoms with Crippen molar-refractivity contribution in [2.75, 3.05) is 40.3 Å². The molecule has 0 aliphatic heterocycles. The second-order valence-electron chi connectivity index (χ2n) is 7.82. The van der Waals surface area contributed by atoms with E-state index in [4.69, 9.17) is 38.2 Å². The van der Waals surface area contributed by atoms with Crippen molar-refractivity contribution in [1.29, 1.82) is 0 Å². The summed E-state index contributed by atoms with van der Waals surface area (Å²) in [6.45, 7) is 8.19. The molecule has 0 aromatic heterocycles. The average Bonchev–Trinajstić information content (AvgIpc) is 2.62. The van der Waals surface area contributed by atoms with E-state index in [2.05, 4.69) is 5.32 Å². The first kappa shape index (κ1) is 29.5. The lowest BCUT2D eigenvalue weighted by Gasteiger charge is -2.35. The number of hydrogen-bond donors (Lipinski definition) is 3. The molecule has 32 heavy (non-hydrogen) atoms. The van der Waals surface area contributed by atoms with Gasteiger partial charge < -0.3 is 30.1 Å². The number of rotatable bonds is 9. The molecular formula is C21H31Cl2N3O6. The highest BCUT2D eigenvalue weighted by molar-refractivity contribution is 6.34. The van der Waals surface area contributed by atoms with Gasteiger partial charge in [-0.15, -0.1) is 0 Å². The highest BCUT2D eigenvalue weighted by Crippen LogP contribution is 2.24. The van der Waals surface area contributed by atoms with Crippen molar-refractivity contribution >= 4 is 41.2 Å². The smallest absolute Gasteiger partial charge is 0.328 e. The standard InChI is InChI=1S/C17H27Cl2N3O2.C4H4O4/c1-17(2,3)22(16(23)20-6-7-21(4)5)8-9-24-15-11-13(18)10-14(19)12-15;5-3(6)1-2-4(7)8/h10-12H,6-9H2,1-5H3,(H,20,23);1-2H,(H,5,6)(H,7,8). The van der Waals surface area contributed by atoms with Gasteiger partial charge in [-0.2, -0.15) is 0 Å². The number of carbonyl (C=O) groups is 3. The molecule has 0 bridgehead atoms. The van der Waals surface area contributed by atoms with Gasteiger partial charge in [-0.1, -0.05) is 23.2 Å². The Morgan fingerprint density at radius 3 is 1.91 bits per heavy atom. The summed E-state index contributed by atoms with van der Waals surface area (Å²) in [5.41, 5.74) is -0.308. The van der Waals surface area contributed by atoms with E-state index < -0.39 is 11.9 Å². The minimum Gasteiger partial charge on any atom is -0.492 e. The number of amides is 2. The van der Waals surface area contributed by atoms with E-state index in [1.807, 2.05) is 39.8 Å². The van der Waals surface area contributed by atoms with E-state index in [0.717, 1.165) is 6.54 Å². The van der Waals surface area contributed by atoms with Crippen LogP contribution >= 0.6 is 23.2 Å². The van der Waals surface area contributed by atoms with Crippen LogP contribution in [0.2, 0.25) is 10.0 Å². The average molecular weight is 492 g/mol. The molecule has 1 rings (SSSR count). The van der Waals surface area contributed by atoms with Crippen LogP contribution in [-0.2, 0) is 9.59 Å². The lowest BCUT2D eigenvalue weighted by Crippen LogP contribution is -2.52. The van der Waals surface area contributed by atoms with Crippen LogP contribution in [0.1, 0.15) is 20.8 Å². The van der Waals surface area contributed by atoms with Gasteiger partial charge in [0.1, 0.15) is 12.4 Å². The summed E-state index contributed by atoms with van der Waals surface area (Å²) in [6.07, 6.45) is 1.12. The maximum atomic E-state index is 12.4. The number of nitrogens with one attached hydrogen (secondary N) is 1. The first-order chi connectivity index (χ1) is 14.7. The predicted molar refractivity (Wildman–Crippen MR) is 125 cm³/mol. The molecule has 11 heteroatoms. The van der Waals surface area contributed by atoms with Crippen LogP contribution in [0.15, 0.2) is 30.4 Å². The maximum Gasteiger partial charge on any atom is 0.328 e. The molecule has 3 N–H and O–H groups in total. The van der Waals surface area contributed by atoms with E-state index >= 15 is 0 Å². The van der Waals surface area contributed by atoms with Crippen molar-refractivity contribution in [3.63, 3.8) is 0 Å². The minimum atomic E-state index is -1.26. The van der Waals surface area contributed by atoms with E-state index in [0.29, 0.717) is 47.6 Å². The molecule has 9 nitrogen and oxygen atoms in total. The quantitative estimate of drug-likeness (QED) is 0.452. The molecule has 0 atom stereocenters. The summed E-state index contributed by atoms with van der Waals surface area (Å²) in [7, 11) is 3.94. The Morgan fingerprint density at radius 2 is 1.50 bits per heavy atom. The predicted octanol–water partition coefficient (Wildman–Crippen LogP) is 3.46. The Bertz CT molecular complexity index is 758. The largest absolute Gasteiger partial charge is 0.492 e. The first-order valence-electron chi connectivity index (χ1n) is 9.65. The Kier molecular flexibility index (Phi) is 13.4. The van der Waals surface area contributed by atoms with Gasteiger partial charge in [-0.05, 0) is 53.1 Å². The molecule has 0 saturated heterocycles. The molecule has 0 aliphatic rings. The topological polar surface area (TPSA) is 119 Å². The fourth-order valence-electron chi connectivity index (χ4n) is 2.23. The number of benzene rings is 1. The van der Waals surface area contributed by atoms with Gasteiger partial charge in [-0.3, -0.25) is 0 Å². The number of urea groups is 1. The molecule has 0 radical (unpaired) electrons. The van der Waals surface area contributed by atoms with E-state index in [-0.39, 0.29) is 11.6 Å². The number of nitrogens with zero attached hydrogens (tertiary/aromatic N) is 2. The van der Waals surface area contributed by atoms with Crippen LogP contribution < -0.4 is 10.1 Å². The van der Waals surface area contributed by atoms with Crippen molar-refractivity contribution in [3.05, 3.63) is 40.4 Å². The summed E-state index contributed by atoms with van der Waals surface area (Å²) in [6, 6.07) is 4.95. The number of hydrogen-bond acceptors (Lipinski definition) is 5. The Morgan fingerprint density at radius 1 is 1.00 bits per heavy atom. The van der Waals surface area contributed by atoms with Crippen LogP contribution in [0.5, 0.6) is 5.75 Å². The molecule has 2 amide bonds. The zero-order chi connectivity index (χ0) is 24.9. The highest BCUT2D eigenvalue weighted by Gasteiger charge is 2.26. The van der Waals surface area contributed by atoms with Crippen LogP contribution in [0.4, 0.5) is 4.79 Å². The van der Waals surface area contributed by atoms with Crippen molar-refractivity contribution in [3.8, 4) is 5.75 Å². The van der Waals surface area contributed by atoms with Gasteiger partial charge in [0.25, 0.3) is 0 Å². The number of aliphatic carboxylic acids is 2. The summed E-state index contributed by atoms with van der Waals surface area (Å²) >= 11 is 11.9. The number of likely N-dealkylation sites (N-methyl/N-ethyl adjacent to an activating group) is 1. The van der Waals surface area contributed by atoms with Crippen LogP contribution in [0.25, 0.3) is 0 Å². The molecule has 1 aromatic rings. The van der Waals surface area contributed by atoms with Gasteiger partial charge >= 0.3 is 18.0 Å². The third kappa shape index (κ3) is 14.5. The number of ether oxygens (including phenoxy) is 1. The Balaban J connectivity index is 0.00000102. The highest BCUT2D eigenvalue weighted by atomic mass is 35.5. The number of halogens is 2. The van der Waals surface area contributed by atoms with Crippen LogP contribution in [-0.4, -0.2) is 83.9 Å². The van der Waals surface area contributed by atoms with Crippen molar-refractivity contribution in [1.82, 2.24) is 15.1 Å². The molecular weight excluding hydrogens is 461 g/mol. The number of carboxylic acid groups (broad SMARTS) is 2. The monoisotopic (exact) mass is 491 g/mol. The molecule has 0 heterocycles. The lowest BCUT2D eigenvalue weighted by molar-refractivity contribution is -0.134. The summed E-state index contributed by atoms with van der Waals surface area (Å²) < 4.78 is 5.69. The molecule has 0 fully saturated rings. The second kappa shape index (κ2) is 14.5. The normalized spacial score (nSPS) is 11.0. The van der Waals surface area contributed by atoms with Crippen molar-refractivity contribution in [2.45, 2.75) is 26.3 Å². The third-order valence-corrected chi connectivity index (χ3v) is 4.11. The molecule has 0 unspecified atom stereocenters. The van der Waals surface area contributed by atoms with Gasteiger partial charge in [0.15, 0.2) is 0 Å². The maximum absolute atomic E-state index is 12.4. The zero-order valence-corrected chi connectivity index (χ0v) is 20.4. The number of carbonyl (C=O) groups excluding carboxylic acids is 1. The molecule has 0 spiro atoms. The fraction of sp³-hybridized carbons (Fsp3) is 0.476. The van der Waals surface area contributed by atoms with E-state index in [1.165, 1.54) is 0 Å². The van der Waals surface area contributed by atoms with Gasteiger partial charge in [-0.25, -0.2) is 14.4 Å². The molecule has 0 saturated carbocycles. The van der Waals surface area contributed by atoms with Gasteiger partial charge in [0.05, 0.1) is 6.54 Å². The van der Waals surface area contributed by atoms with E-state index in [9.17, 15) is 14.4 Å². The van der Waals surface area contributed by atoms with Crippen LogP contribution in [0, 0.1) is 0 Å². The summed E-state index contributed by atoms with van der Waals surface area (Å²) in [4.78, 5) is 35.3. The second-order valence-corrected chi connectivity index (χ2v) is 8.69. The molecule has 0 aliphatic carbocycles. The van der Waals surface area contributed by atoms with Crippen LogP contribution in [0.3, 0.4) is 0 Å². The van der Waals surface area contributed by atoms with E-state index in [1.54, 1.807) is 23.1 Å². The first-order valence-corrected chi connectivity index (χ1v) is 10.4. The van der Waals surface area contributed by atoms with Crippen molar-refractivity contribution < 1.29 is 29.3 Å². The summed E-state index contributed by atoms with van der Waals surface area (Å²) in [5.74, 6) is -1.92. The minimum absolute atomic E-state index is 0.0999. The zero-order valence-electron chi connectivity index (χ0n) is 18.9. The third-order valence-electron chi connectivity index (χ3n) is 3.68. The summed E-state index contributed by atoms with van der Waals surface area (Å²) in [5, 5.41) is 19.6. The van der Waals surface area contributed by atoms with Crippen molar-refractivity contribution in [2.24, 2.45) is 0 Å². The Labute approximate surface area is 198 Å². The van der Waals surface area contributed by atoms with Gasteiger partial charge in [0.2, 0.25) is 0 Å². The number of carboxylic acids is 2. The molecule has 180 valence electrons. The lowest BCUT2D eigenvalue weighted by atomic mass is 10.1. The Hall–Kier alpha value is -2.49. The SMILES string of the molecule is CN(C)CCNC(=O)N(CCOc1cc(Cl)cc(Cl)c1)C(C)(C)C.O=C(O)C=CC(=O)O.